The Morgan fingerprint density at radius 2 is 1.76 bits per heavy atom. The predicted octanol–water partition coefficient (Wildman–Crippen LogP) is 3.26. The normalized spacial score (nSPS) is 14.2. The van der Waals surface area contributed by atoms with Crippen molar-refractivity contribution in [3.63, 3.8) is 0 Å². The molecule has 0 bridgehead atoms. The number of carbonyl (C=O) groups excluding carboxylic acids is 1. The van der Waals surface area contributed by atoms with Gasteiger partial charge in [0.2, 0.25) is 0 Å². The maximum Gasteiger partial charge on any atom is 0.251 e. The van der Waals surface area contributed by atoms with Crippen LogP contribution in [0.25, 0.3) is 0 Å². The number of hydrogen-bond donors (Lipinski definition) is 4. The van der Waals surface area contributed by atoms with E-state index in [-0.39, 0.29) is 11.7 Å². The van der Waals surface area contributed by atoms with Gasteiger partial charge in [0, 0.05) is 29.4 Å². The minimum atomic E-state index is -0.170. The first-order valence-electron chi connectivity index (χ1n) is 8.70. The molecule has 5 N–H and O–H groups in total. The molecule has 2 aromatic carbocycles. The molecule has 1 saturated carbocycles. The molecule has 1 amide bonds. The number of carbonyl (C=O) groups is 1. The Labute approximate surface area is 148 Å². The lowest BCUT2D eigenvalue weighted by atomic mass is 10.1. The van der Waals surface area contributed by atoms with Gasteiger partial charge >= 0.3 is 0 Å². The number of hydrogen-bond acceptors (Lipinski definition) is 3. The third-order valence-corrected chi connectivity index (χ3v) is 4.57. The van der Waals surface area contributed by atoms with Crippen molar-refractivity contribution in [3.8, 4) is 0 Å². The largest absolute Gasteiger partial charge is 0.384 e. The Bertz CT molecular complexity index is 749. The topological polar surface area (TPSA) is 91.0 Å². The van der Waals surface area contributed by atoms with Gasteiger partial charge in [-0.15, -0.1) is 0 Å². The monoisotopic (exact) mass is 336 g/mol. The van der Waals surface area contributed by atoms with Crippen LogP contribution in [0.2, 0.25) is 0 Å². The smallest absolute Gasteiger partial charge is 0.251 e. The SMILES string of the molecule is N=C(N)c1cccc(C(=O)NCc2ccc(NC3CCCC3)cc2)c1. The number of amidine groups is 1. The summed E-state index contributed by atoms with van der Waals surface area (Å²) in [6, 6.07) is 15.6. The molecule has 0 aliphatic heterocycles. The predicted molar refractivity (Wildman–Crippen MR) is 101 cm³/mol. The molecule has 0 heterocycles. The molecule has 3 rings (SSSR count). The number of rotatable bonds is 6. The highest BCUT2D eigenvalue weighted by atomic mass is 16.1. The van der Waals surface area contributed by atoms with Crippen LogP contribution in [0.1, 0.15) is 47.2 Å². The van der Waals surface area contributed by atoms with Crippen molar-refractivity contribution in [2.45, 2.75) is 38.3 Å². The molecular formula is C20H24N4O. The lowest BCUT2D eigenvalue weighted by molar-refractivity contribution is 0.0951. The fourth-order valence-electron chi connectivity index (χ4n) is 3.14. The van der Waals surface area contributed by atoms with Gasteiger partial charge in [-0.05, 0) is 42.7 Å². The third kappa shape index (κ3) is 4.59. The summed E-state index contributed by atoms with van der Waals surface area (Å²) in [6.07, 6.45) is 5.12. The van der Waals surface area contributed by atoms with Gasteiger partial charge in [-0.3, -0.25) is 10.2 Å². The highest BCUT2D eigenvalue weighted by Crippen LogP contribution is 2.22. The van der Waals surface area contributed by atoms with Crippen LogP contribution in [0.4, 0.5) is 5.69 Å². The molecule has 0 saturated heterocycles. The van der Waals surface area contributed by atoms with E-state index in [1.165, 1.54) is 25.7 Å². The Kier molecular flexibility index (Phi) is 5.33. The molecule has 0 radical (unpaired) electrons. The fraction of sp³-hybridized carbons (Fsp3) is 0.300. The van der Waals surface area contributed by atoms with Crippen molar-refractivity contribution in [1.82, 2.24) is 5.32 Å². The van der Waals surface area contributed by atoms with E-state index in [1.807, 2.05) is 12.1 Å². The number of anilines is 1. The van der Waals surface area contributed by atoms with Crippen molar-refractivity contribution >= 4 is 17.4 Å². The van der Waals surface area contributed by atoms with Crippen LogP contribution in [0.15, 0.2) is 48.5 Å². The molecule has 1 aliphatic carbocycles. The summed E-state index contributed by atoms with van der Waals surface area (Å²) in [5.74, 6) is -0.212. The highest BCUT2D eigenvalue weighted by molar-refractivity contribution is 5.99. The maximum atomic E-state index is 12.3. The summed E-state index contributed by atoms with van der Waals surface area (Å²) in [6.45, 7) is 0.465. The Morgan fingerprint density at radius 1 is 1.08 bits per heavy atom. The first-order chi connectivity index (χ1) is 12.1. The van der Waals surface area contributed by atoms with E-state index in [0.717, 1.165) is 11.3 Å². The molecule has 25 heavy (non-hydrogen) atoms. The second kappa shape index (κ2) is 7.83. The average molecular weight is 336 g/mol. The van der Waals surface area contributed by atoms with E-state index in [2.05, 4.69) is 22.8 Å². The van der Waals surface area contributed by atoms with Gasteiger partial charge in [0.15, 0.2) is 0 Å². The van der Waals surface area contributed by atoms with E-state index < -0.39 is 0 Å². The van der Waals surface area contributed by atoms with Crippen LogP contribution < -0.4 is 16.4 Å². The molecule has 130 valence electrons. The molecule has 1 aliphatic rings. The first-order valence-corrected chi connectivity index (χ1v) is 8.70. The molecule has 0 atom stereocenters. The second-order valence-corrected chi connectivity index (χ2v) is 6.50. The minimum absolute atomic E-state index is 0.0417. The number of nitrogen functional groups attached to an aromatic ring is 1. The molecule has 2 aromatic rings. The molecule has 0 spiro atoms. The maximum absolute atomic E-state index is 12.3. The average Bonchev–Trinajstić information content (AvgIpc) is 3.14. The summed E-state index contributed by atoms with van der Waals surface area (Å²) in [5.41, 5.74) is 8.71. The van der Waals surface area contributed by atoms with Crippen LogP contribution in [-0.2, 0) is 6.54 Å². The van der Waals surface area contributed by atoms with Crippen molar-refractivity contribution in [2.24, 2.45) is 5.73 Å². The summed E-state index contributed by atoms with van der Waals surface area (Å²) >= 11 is 0. The van der Waals surface area contributed by atoms with Crippen LogP contribution >= 0.6 is 0 Å². The van der Waals surface area contributed by atoms with Gasteiger partial charge in [-0.2, -0.15) is 0 Å². The third-order valence-electron chi connectivity index (χ3n) is 4.57. The van der Waals surface area contributed by atoms with Crippen LogP contribution in [0, 0.1) is 5.41 Å². The van der Waals surface area contributed by atoms with Crippen molar-refractivity contribution in [1.29, 1.82) is 5.41 Å². The Hall–Kier alpha value is -2.82. The summed E-state index contributed by atoms with van der Waals surface area (Å²) < 4.78 is 0. The van der Waals surface area contributed by atoms with Gasteiger partial charge in [-0.25, -0.2) is 0 Å². The quantitative estimate of drug-likeness (QED) is 0.482. The number of amides is 1. The molecule has 0 aromatic heterocycles. The standard InChI is InChI=1S/C20H24N4O/c21-19(22)15-4-3-5-16(12-15)20(25)23-13-14-8-10-18(11-9-14)24-17-6-1-2-7-17/h3-5,8-12,17,24H,1-2,6-7,13H2,(H3,21,22)(H,23,25). The van der Waals surface area contributed by atoms with Gasteiger partial charge in [-0.1, -0.05) is 37.1 Å². The molecule has 1 fully saturated rings. The minimum Gasteiger partial charge on any atom is -0.384 e. The molecule has 5 heteroatoms. The highest BCUT2D eigenvalue weighted by Gasteiger charge is 2.14. The van der Waals surface area contributed by atoms with Gasteiger partial charge < -0.3 is 16.4 Å². The van der Waals surface area contributed by atoms with E-state index in [4.69, 9.17) is 11.1 Å². The lowest BCUT2D eigenvalue weighted by Crippen LogP contribution is -2.23. The first kappa shape index (κ1) is 17.0. The van der Waals surface area contributed by atoms with E-state index in [9.17, 15) is 4.79 Å². The number of nitrogens with one attached hydrogen (secondary N) is 3. The van der Waals surface area contributed by atoms with Crippen LogP contribution in [-0.4, -0.2) is 17.8 Å². The van der Waals surface area contributed by atoms with E-state index >= 15 is 0 Å². The van der Waals surface area contributed by atoms with E-state index in [0.29, 0.717) is 23.7 Å². The zero-order valence-corrected chi connectivity index (χ0v) is 14.2. The van der Waals surface area contributed by atoms with Crippen molar-refractivity contribution in [3.05, 3.63) is 65.2 Å². The lowest BCUT2D eigenvalue weighted by Gasteiger charge is -2.14. The van der Waals surface area contributed by atoms with Crippen molar-refractivity contribution in [2.75, 3.05) is 5.32 Å². The molecular weight excluding hydrogens is 312 g/mol. The molecule has 0 unspecified atom stereocenters. The molecule has 5 nitrogen and oxygen atoms in total. The van der Waals surface area contributed by atoms with Crippen LogP contribution in [0.5, 0.6) is 0 Å². The van der Waals surface area contributed by atoms with Gasteiger partial charge in [0.05, 0.1) is 0 Å². The Balaban J connectivity index is 1.55. The van der Waals surface area contributed by atoms with E-state index in [1.54, 1.807) is 24.3 Å². The zero-order chi connectivity index (χ0) is 17.6. The summed E-state index contributed by atoms with van der Waals surface area (Å²) in [7, 11) is 0. The summed E-state index contributed by atoms with van der Waals surface area (Å²) in [4.78, 5) is 12.3. The fourth-order valence-corrected chi connectivity index (χ4v) is 3.14. The number of nitrogens with two attached hydrogens (primary N) is 1. The van der Waals surface area contributed by atoms with Crippen molar-refractivity contribution < 1.29 is 4.79 Å². The summed E-state index contributed by atoms with van der Waals surface area (Å²) in [5, 5.41) is 13.9. The number of benzene rings is 2. The van der Waals surface area contributed by atoms with Gasteiger partial charge in [0.1, 0.15) is 5.84 Å². The van der Waals surface area contributed by atoms with Gasteiger partial charge in [0.25, 0.3) is 5.91 Å². The second-order valence-electron chi connectivity index (χ2n) is 6.50. The Morgan fingerprint density at radius 3 is 2.44 bits per heavy atom. The van der Waals surface area contributed by atoms with Crippen LogP contribution in [0.3, 0.4) is 0 Å². The zero-order valence-electron chi connectivity index (χ0n) is 14.2.